The minimum Gasteiger partial charge on any atom is -0.484 e. The third kappa shape index (κ3) is 9.36. The van der Waals surface area contributed by atoms with Crippen LogP contribution in [0, 0.1) is 6.92 Å². The van der Waals surface area contributed by atoms with Crippen LogP contribution in [-0.2, 0) is 16.0 Å². The fraction of sp³-hybridized carbons (Fsp3) is 0.650. The van der Waals surface area contributed by atoms with Gasteiger partial charge in [0, 0.05) is 45.5 Å². The van der Waals surface area contributed by atoms with Crippen LogP contribution in [0.15, 0.2) is 23.2 Å². The van der Waals surface area contributed by atoms with Crippen LogP contribution in [0.5, 0.6) is 5.75 Å². The summed E-state index contributed by atoms with van der Waals surface area (Å²) in [4.78, 5) is 4.14. The van der Waals surface area contributed by atoms with E-state index < -0.39 is 12.8 Å². The van der Waals surface area contributed by atoms with Gasteiger partial charge in [-0.25, -0.2) is 0 Å². The Kier molecular flexibility index (Phi) is 9.53. The van der Waals surface area contributed by atoms with E-state index in [9.17, 15) is 13.2 Å². The van der Waals surface area contributed by atoms with Crippen molar-refractivity contribution in [3.05, 3.63) is 29.3 Å². The summed E-state index contributed by atoms with van der Waals surface area (Å²) in [6.45, 7) is 3.63. The Morgan fingerprint density at radius 1 is 1.24 bits per heavy atom. The summed E-state index contributed by atoms with van der Waals surface area (Å²) in [5.41, 5.74) is 1.46. The number of alkyl halides is 3. The highest BCUT2D eigenvalue weighted by molar-refractivity contribution is 5.79. The topological polar surface area (TPSA) is 64.1 Å². The maximum Gasteiger partial charge on any atom is 0.422 e. The van der Waals surface area contributed by atoms with Gasteiger partial charge in [0.15, 0.2) is 12.6 Å². The van der Waals surface area contributed by atoms with E-state index in [0.717, 1.165) is 38.0 Å². The molecule has 0 aromatic heterocycles. The Morgan fingerprint density at radius 2 is 2.00 bits per heavy atom. The lowest BCUT2D eigenvalue weighted by molar-refractivity contribution is -0.153. The van der Waals surface area contributed by atoms with Crippen molar-refractivity contribution >= 4 is 5.96 Å². The van der Waals surface area contributed by atoms with Crippen molar-refractivity contribution in [3.63, 3.8) is 0 Å². The SMILES string of the molecule is CN=C(NCCCOC1CCOCC1)NCc1ccc(C)cc1OCC(F)(F)F. The summed E-state index contributed by atoms with van der Waals surface area (Å²) in [6, 6.07) is 5.19. The highest BCUT2D eigenvalue weighted by atomic mass is 19.4. The zero-order valence-electron chi connectivity index (χ0n) is 17.0. The van der Waals surface area contributed by atoms with Crippen molar-refractivity contribution in [2.75, 3.05) is 40.0 Å². The van der Waals surface area contributed by atoms with E-state index in [1.807, 2.05) is 6.07 Å². The summed E-state index contributed by atoms with van der Waals surface area (Å²) >= 11 is 0. The predicted octanol–water partition coefficient (Wildman–Crippen LogP) is 3.19. The molecule has 9 heteroatoms. The van der Waals surface area contributed by atoms with Crippen LogP contribution in [0.2, 0.25) is 0 Å². The monoisotopic (exact) mass is 417 g/mol. The number of guanidine groups is 1. The molecule has 1 fully saturated rings. The average molecular weight is 417 g/mol. The molecule has 0 atom stereocenters. The number of aryl methyl sites for hydroxylation is 1. The van der Waals surface area contributed by atoms with E-state index in [1.165, 1.54) is 0 Å². The molecule has 0 saturated carbocycles. The van der Waals surface area contributed by atoms with Crippen molar-refractivity contribution in [1.29, 1.82) is 0 Å². The van der Waals surface area contributed by atoms with Gasteiger partial charge < -0.3 is 24.8 Å². The van der Waals surface area contributed by atoms with Crippen molar-refractivity contribution in [2.45, 2.75) is 45.0 Å². The van der Waals surface area contributed by atoms with Crippen LogP contribution in [-0.4, -0.2) is 58.3 Å². The summed E-state index contributed by atoms with van der Waals surface area (Å²) in [5.74, 6) is 0.786. The molecular weight excluding hydrogens is 387 g/mol. The normalized spacial score (nSPS) is 16.0. The molecule has 0 spiro atoms. The fourth-order valence-electron chi connectivity index (χ4n) is 2.87. The number of nitrogens with zero attached hydrogens (tertiary/aromatic N) is 1. The molecule has 0 radical (unpaired) electrons. The lowest BCUT2D eigenvalue weighted by Crippen LogP contribution is -2.37. The molecule has 0 amide bonds. The first-order valence-corrected chi connectivity index (χ1v) is 9.80. The van der Waals surface area contributed by atoms with Gasteiger partial charge in [0.05, 0.1) is 6.10 Å². The van der Waals surface area contributed by atoms with Crippen LogP contribution in [0.4, 0.5) is 13.2 Å². The number of nitrogens with one attached hydrogen (secondary N) is 2. The van der Waals surface area contributed by atoms with Crippen molar-refractivity contribution in [1.82, 2.24) is 10.6 Å². The van der Waals surface area contributed by atoms with Crippen molar-refractivity contribution < 1.29 is 27.4 Å². The van der Waals surface area contributed by atoms with E-state index in [-0.39, 0.29) is 11.9 Å². The molecule has 29 heavy (non-hydrogen) atoms. The van der Waals surface area contributed by atoms with Gasteiger partial charge in [-0.15, -0.1) is 0 Å². The molecule has 0 bridgehead atoms. The molecule has 6 nitrogen and oxygen atoms in total. The molecule has 1 saturated heterocycles. The average Bonchev–Trinajstić information content (AvgIpc) is 2.69. The largest absolute Gasteiger partial charge is 0.484 e. The molecule has 2 rings (SSSR count). The summed E-state index contributed by atoms with van der Waals surface area (Å²) in [6.07, 6.45) is -1.41. The maximum atomic E-state index is 12.5. The molecule has 164 valence electrons. The van der Waals surface area contributed by atoms with Crippen molar-refractivity contribution in [2.24, 2.45) is 4.99 Å². The number of hydrogen-bond acceptors (Lipinski definition) is 4. The molecule has 1 aliphatic heterocycles. The van der Waals surface area contributed by atoms with Gasteiger partial charge in [-0.3, -0.25) is 4.99 Å². The van der Waals surface area contributed by atoms with Crippen molar-refractivity contribution in [3.8, 4) is 5.75 Å². The maximum absolute atomic E-state index is 12.5. The number of halogens is 3. The first-order valence-electron chi connectivity index (χ1n) is 9.80. The van der Waals surface area contributed by atoms with E-state index >= 15 is 0 Å². The summed E-state index contributed by atoms with van der Waals surface area (Å²) in [7, 11) is 1.64. The number of benzene rings is 1. The van der Waals surface area contributed by atoms with Gasteiger partial charge in [0.1, 0.15) is 5.75 Å². The summed E-state index contributed by atoms with van der Waals surface area (Å²) < 4.78 is 53.5. The number of rotatable bonds is 9. The number of hydrogen-bond donors (Lipinski definition) is 2. The van der Waals surface area contributed by atoms with E-state index in [2.05, 4.69) is 15.6 Å². The third-order valence-electron chi connectivity index (χ3n) is 4.42. The molecule has 1 aromatic carbocycles. The second-order valence-electron chi connectivity index (χ2n) is 6.90. The molecule has 2 N–H and O–H groups in total. The Bertz CT molecular complexity index is 648. The molecule has 1 aromatic rings. The first kappa shape index (κ1) is 23.3. The van der Waals surface area contributed by atoms with Gasteiger partial charge in [0.2, 0.25) is 0 Å². The Labute approximate surface area is 169 Å². The number of ether oxygens (including phenoxy) is 3. The minimum absolute atomic E-state index is 0.218. The summed E-state index contributed by atoms with van der Waals surface area (Å²) in [5, 5.41) is 6.28. The van der Waals surface area contributed by atoms with Gasteiger partial charge in [-0.1, -0.05) is 12.1 Å². The molecule has 0 unspecified atom stereocenters. The Hall–Kier alpha value is -2.00. The van der Waals surface area contributed by atoms with Crippen LogP contribution >= 0.6 is 0 Å². The fourth-order valence-corrected chi connectivity index (χ4v) is 2.87. The first-order chi connectivity index (χ1) is 13.9. The lowest BCUT2D eigenvalue weighted by atomic mass is 10.1. The zero-order chi connectivity index (χ0) is 21.1. The zero-order valence-corrected chi connectivity index (χ0v) is 17.0. The van der Waals surface area contributed by atoms with Gasteiger partial charge in [-0.05, 0) is 37.8 Å². The highest BCUT2D eigenvalue weighted by Gasteiger charge is 2.28. The molecule has 1 heterocycles. The number of aliphatic imine (C=N–C) groups is 1. The van der Waals surface area contributed by atoms with Crippen LogP contribution in [0.3, 0.4) is 0 Å². The van der Waals surface area contributed by atoms with Crippen LogP contribution < -0.4 is 15.4 Å². The molecular formula is C20H30F3N3O3. The minimum atomic E-state index is -4.38. The van der Waals surface area contributed by atoms with Gasteiger partial charge >= 0.3 is 6.18 Å². The lowest BCUT2D eigenvalue weighted by Gasteiger charge is -2.22. The Morgan fingerprint density at radius 3 is 2.69 bits per heavy atom. The Balaban J connectivity index is 1.73. The van der Waals surface area contributed by atoms with E-state index in [0.29, 0.717) is 31.2 Å². The van der Waals surface area contributed by atoms with Crippen LogP contribution in [0.25, 0.3) is 0 Å². The van der Waals surface area contributed by atoms with Crippen LogP contribution in [0.1, 0.15) is 30.4 Å². The second-order valence-corrected chi connectivity index (χ2v) is 6.90. The smallest absolute Gasteiger partial charge is 0.422 e. The van der Waals surface area contributed by atoms with Gasteiger partial charge in [-0.2, -0.15) is 13.2 Å². The quantitative estimate of drug-likeness (QED) is 0.367. The molecule has 0 aliphatic carbocycles. The van der Waals surface area contributed by atoms with E-state index in [4.69, 9.17) is 14.2 Å². The third-order valence-corrected chi connectivity index (χ3v) is 4.42. The molecule has 1 aliphatic rings. The highest BCUT2D eigenvalue weighted by Crippen LogP contribution is 2.23. The predicted molar refractivity (Wildman–Crippen MR) is 105 cm³/mol. The van der Waals surface area contributed by atoms with Gasteiger partial charge in [0.25, 0.3) is 0 Å². The second kappa shape index (κ2) is 11.9. The van der Waals surface area contributed by atoms with E-state index in [1.54, 1.807) is 26.1 Å². The standard InChI is InChI=1S/C20H30F3N3O3/c1-15-4-5-16(18(12-15)29-14-20(21,22)23)13-26-19(24-2)25-8-3-9-28-17-6-10-27-11-7-17/h4-5,12,17H,3,6-11,13-14H2,1-2H3,(H2,24,25,26).